The van der Waals surface area contributed by atoms with E-state index in [1.165, 1.54) is 6.42 Å². The van der Waals surface area contributed by atoms with E-state index in [0.717, 1.165) is 12.8 Å². The van der Waals surface area contributed by atoms with Crippen LogP contribution in [0.4, 0.5) is 0 Å². The first-order valence-corrected chi connectivity index (χ1v) is 5.92. The Kier molecular flexibility index (Phi) is 4.14. The number of nitrogens with two attached hydrogens (primary N) is 1. The van der Waals surface area contributed by atoms with Crippen molar-refractivity contribution < 1.29 is 4.79 Å². The molecule has 0 radical (unpaired) electrons. The second kappa shape index (κ2) is 4.97. The molecule has 0 aliphatic heterocycles. The van der Waals surface area contributed by atoms with Crippen molar-refractivity contribution in [1.29, 1.82) is 0 Å². The Morgan fingerprint density at radius 1 is 1.60 bits per heavy atom. The van der Waals surface area contributed by atoms with Crippen LogP contribution in [0.1, 0.15) is 46.5 Å². The van der Waals surface area contributed by atoms with Crippen molar-refractivity contribution in [3.8, 4) is 0 Å². The third-order valence-electron chi connectivity index (χ3n) is 3.27. The van der Waals surface area contributed by atoms with Crippen LogP contribution in [0.2, 0.25) is 0 Å². The molecule has 0 heterocycles. The molecule has 0 spiro atoms. The average molecular weight is 212 g/mol. The van der Waals surface area contributed by atoms with E-state index in [1.54, 1.807) is 0 Å². The summed E-state index contributed by atoms with van der Waals surface area (Å²) in [6.45, 7) is 7.13. The lowest BCUT2D eigenvalue weighted by Crippen LogP contribution is -2.35. The van der Waals surface area contributed by atoms with E-state index in [1.807, 2.05) is 6.92 Å². The van der Waals surface area contributed by atoms with E-state index < -0.39 is 0 Å². The molecule has 1 aliphatic carbocycles. The van der Waals surface area contributed by atoms with Crippen LogP contribution in [-0.4, -0.2) is 18.5 Å². The molecule has 3 nitrogen and oxygen atoms in total. The summed E-state index contributed by atoms with van der Waals surface area (Å²) < 4.78 is 0. The Morgan fingerprint density at radius 2 is 2.27 bits per heavy atom. The lowest BCUT2D eigenvalue weighted by atomic mass is 9.92. The second-order valence-electron chi connectivity index (χ2n) is 5.72. The first-order chi connectivity index (χ1) is 6.93. The SMILES string of the molecule is CC(CN)CC(=O)NC1CCC(C)(C)C1. The highest BCUT2D eigenvalue weighted by Gasteiger charge is 2.31. The summed E-state index contributed by atoms with van der Waals surface area (Å²) in [6.07, 6.45) is 4.00. The largest absolute Gasteiger partial charge is 0.353 e. The molecule has 0 saturated heterocycles. The highest BCUT2D eigenvalue weighted by molar-refractivity contribution is 5.76. The van der Waals surface area contributed by atoms with E-state index in [9.17, 15) is 4.79 Å². The quantitative estimate of drug-likeness (QED) is 0.744. The standard InChI is InChI=1S/C12H24N2O/c1-9(8-13)6-11(15)14-10-4-5-12(2,3)7-10/h9-10H,4-8,13H2,1-3H3,(H,14,15). The van der Waals surface area contributed by atoms with Crippen LogP contribution in [0, 0.1) is 11.3 Å². The highest BCUT2D eigenvalue weighted by atomic mass is 16.1. The Labute approximate surface area is 92.8 Å². The molecule has 1 saturated carbocycles. The van der Waals surface area contributed by atoms with Crippen LogP contribution in [0.5, 0.6) is 0 Å². The van der Waals surface area contributed by atoms with Gasteiger partial charge in [-0.25, -0.2) is 0 Å². The van der Waals surface area contributed by atoms with Gasteiger partial charge in [0.25, 0.3) is 0 Å². The van der Waals surface area contributed by atoms with Crippen LogP contribution in [0.15, 0.2) is 0 Å². The number of hydrogen-bond donors (Lipinski definition) is 2. The minimum absolute atomic E-state index is 0.163. The monoisotopic (exact) mass is 212 g/mol. The molecule has 0 bridgehead atoms. The number of carbonyl (C=O) groups is 1. The summed E-state index contributed by atoms with van der Waals surface area (Å²) in [5, 5.41) is 3.11. The first kappa shape index (κ1) is 12.5. The molecule has 3 N–H and O–H groups in total. The van der Waals surface area contributed by atoms with E-state index in [4.69, 9.17) is 5.73 Å². The number of amides is 1. The summed E-state index contributed by atoms with van der Waals surface area (Å²) in [5.74, 6) is 0.454. The average Bonchev–Trinajstić information content (AvgIpc) is 2.44. The molecule has 2 atom stereocenters. The van der Waals surface area contributed by atoms with Crippen molar-refractivity contribution >= 4 is 5.91 Å². The van der Waals surface area contributed by atoms with Crippen molar-refractivity contribution in [2.45, 2.75) is 52.5 Å². The summed E-state index contributed by atoms with van der Waals surface area (Å²) in [5.41, 5.74) is 5.89. The van der Waals surface area contributed by atoms with Crippen molar-refractivity contribution in [2.75, 3.05) is 6.54 Å². The van der Waals surface area contributed by atoms with Crippen molar-refractivity contribution in [1.82, 2.24) is 5.32 Å². The van der Waals surface area contributed by atoms with Gasteiger partial charge in [0.1, 0.15) is 0 Å². The van der Waals surface area contributed by atoms with Crippen molar-refractivity contribution in [3.05, 3.63) is 0 Å². The fourth-order valence-corrected chi connectivity index (χ4v) is 2.25. The van der Waals surface area contributed by atoms with Crippen molar-refractivity contribution in [2.24, 2.45) is 17.1 Å². The number of carbonyl (C=O) groups excluding carboxylic acids is 1. The van der Waals surface area contributed by atoms with Crippen LogP contribution in [0.25, 0.3) is 0 Å². The minimum atomic E-state index is 0.163. The molecule has 3 heteroatoms. The van der Waals surface area contributed by atoms with Gasteiger partial charge >= 0.3 is 0 Å². The van der Waals surface area contributed by atoms with Gasteiger partial charge in [0.05, 0.1) is 0 Å². The van der Waals surface area contributed by atoms with E-state index in [2.05, 4.69) is 19.2 Å². The maximum atomic E-state index is 11.6. The van der Waals surface area contributed by atoms with Gasteiger partial charge in [-0.2, -0.15) is 0 Å². The van der Waals surface area contributed by atoms with Crippen LogP contribution in [-0.2, 0) is 4.79 Å². The molecule has 0 aromatic rings. The van der Waals surface area contributed by atoms with Gasteiger partial charge in [-0.05, 0) is 37.1 Å². The molecule has 15 heavy (non-hydrogen) atoms. The molecular weight excluding hydrogens is 188 g/mol. The lowest BCUT2D eigenvalue weighted by Gasteiger charge is -2.18. The zero-order valence-corrected chi connectivity index (χ0v) is 10.2. The van der Waals surface area contributed by atoms with Gasteiger partial charge in [-0.1, -0.05) is 20.8 Å². The molecular formula is C12H24N2O. The third-order valence-corrected chi connectivity index (χ3v) is 3.27. The molecule has 1 rings (SSSR count). The zero-order chi connectivity index (χ0) is 11.5. The fraction of sp³-hybridized carbons (Fsp3) is 0.917. The summed E-state index contributed by atoms with van der Waals surface area (Å²) in [7, 11) is 0. The van der Waals surface area contributed by atoms with Gasteiger partial charge < -0.3 is 11.1 Å². The van der Waals surface area contributed by atoms with Gasteiger partial charge in [-0.15, -0.1) is 0 Å². The fourth-order valence-electron chi connectivity index (χ4n) is 2.25. The molecule has 88 valence electrons. The normalized spacial score (nSPS) is 26.3. The molecule has 0 aromatic heterocycles. The number of nitrogens with one attached hydrogen (secondary N) is 1. The summed E-state index contributed by atoms with van der Waals surface area (Å²) in [6, 6.07) is 0.387. The van der Waals surface area contributed by atoms with Gasteiger partial charge in [0, 0.05) is 12.5 Å². The maximum absolute atomic E-state index is 11.6. The number of hydrogen-bond acceptors (Lipinski definition) is 2. The second-order valence-corrected chi connectivity index (χ2v) is 5.72. The van der Waals surface area contributed by atoms with Crippen molar-refractivity contribution in [3.63, 3.8) is 0 Å². The Morgan fingerprint density at radius 3 is 2.73 bits per heavy atom. The summed E-state index contributed by atoms with van der Waals surface area (Å²) in [4.78, 5) is 11.6. The first-order valence-electron chi connectivity index (χ1n) is 5.92. The minimum Gasteiger partial charge on any atom is -0.353 e. The van der Waals surface area contributed by atoms with Crippen LogP contribution >= 0.6 is 0 Å². The van der Waals surface area contributed by atoms with Gasteiger partial charge in [0.2, 0.25) is 5.91 Å². The smallest absolute Gasteiger partial charge is 0.220 e. The van der Waals surface area contributed by atoms with E-state index in [-0.39, 0.29) is 5.91 Å². The molecule has 1 fully saturated rings. The zero-order valence-electron chi connectivity index (χ0n) is 10.2. The van der Waals surface area contributed by atoms with Crippen LogP contribution in [0.3, 0.4) is 0 Å². The topological polar surface area (TPSA) is 55.1 Å². The molecule has 1 amide bonds. The number of rotatable bonds is 4. The molecule has 2 unspecified atom stereocenters. The summed E-state index contributed by atoms with van der Waals surface area (Å²) >= 11 is 0. The van der Waals surface area contributed by atoms with Crippen LogP contribution < -0.4 is 11.1 Å². The van der Waals surface area contributed by atoms with Gasteiger partial charge in [0.15, 0.2) is 0 Å². The Bertz CT molecular complexity index is 226. The molecule has 0 aromatic carbocycles. The predicted octanol–water partition coefficient (Wildman–Crippen LogP) is 1.67. The van der Waals surface area contributed by atoms with Gasteiger partial charge in [-0.3, -0.25) is 4.79 Å². The van der Waals surface area contributed by atoms with E-state index >= 15 is 0 Å². The highest BCUT2D eigenvalue weighted by Crippen LogP contribution is 2.36. The Hall–Kier alpha value is -0.570. The maximum Gasteiger partial charge on any atom is 0.220 e. The Balaban J connectivity index is 2.28. The third kappa shape index (κ3) is 4.20. The molecule has 1 aliphatic rings. The predicted molar refractivity (Wildman–Crippen MR) is 62.4 cm³/mol. The lowest BCUT2D eigenvalue weighted by molar-refractivity contribution is -0.122. The van der Waals surface area contributed by atoms with E-state index in [0.29, 0.717) is 30.3 Å².